The van der Waals surface area contributed by atoms with Gasteiger partial charge < -0.3 is 5.32 Å². The molecule has 22 heavy (non-hydrogen) atoms. The number of Topliss-reactive ketones (excluding diaryl/α,β-unsaturated/α-hetero) is 1. The van der Waals surface area contributed by atoms with Crippen molar-refractivity contribution in [2.24, 2.45) is 28.6 Å². The fourth-order valence-electron chi connectivity index (χ4n) is 2.92. The molecule has 0 bridgehead atoms. The molecule has 1 unspecified atom stereocenters. The van der Waals surface area contributed by atoms with Gasteiger partial charge in [0, 0.05) is 24.3 Å². The van der Waals surface area contributed by atoms with Gasteiger partial charge >= 0.3 is 0 Å². The normalized spacial score (nSPS) is 14.3. The minimum Gasteiger partial charge on any atom is -0.356 e. The number of rotatable bonds is 9. The summed E-state index contributed by atoms with van der Waals surface area (Å²) in [5.41, 5.74) is -0.873. The molecule has 0 aromatic rings. The molecule has 3 heteroatoms. The van der Waals surface area contributed by atoms with E-state index in [1.165, 1.54) is 0 Å². The van der Waals surface area contributed by atoms with Crippen molar-refractivity contribution in [1.29, 1.82) is 0 Å². The monoisotopic (exact) mass is 311 g/mol. The molecule has 3 nitrogen and oxygen atoms in total. The molecule has 0 rings (SSSR count). The van der Waals surface area contributed by atoms with Gasteiger partial charge in [0.25, 0.3) is 0 Å². The number of hydrogen-bond acceptors (Lipinski definition) is 2. The Morgan fingerprint density at radius 3 is 1.86 bits per heavy atom. The number of carbonyl (C=O) groups excluding carboxylic acids is 2. The first-order valence-corrected chi connectivity index (χ1v) is 8.62. The second-order valence-corrected chi connectivity index (χ2v) is 8.74. The summed E-state index contributed by atoms with van der Waals surface area (Å²) in [5, 5.41) is 3.03. The molecule has 0 aliphatic rings. The Kier molecular flexibility index (Phi) is 7.80. The van der Waals surface area contributed by atoms with Crippen LogP contribution in [0.2, 0.25) is 0 Å². The average molecular weight is 312 g/mol. The Morgan fingerprint density at radius 1 is 0.955 bits per heavy atom. The van der Waals surface area contributed by atoms with Gasteiger partial charge in [0.05, 0.1) is 0 Å². The zero-order valence-corrected chi connectivity index (χ0v) is 16.2. The highest BCUT2D eigenvalue weighted by Gasteiger charge is 2.44. The van der Waals surface area contributed by atoms with E-state index < -0.39 is 5.41 Å². The number of carbonyl (C=O) groups is 2. The van der Waals surface area contributed by atoms with Gasteiger partial charge in [0.1, 0.15) is 5.78 Å². The quantitative estimate of drug-likeness (QED) is 0.683. The first-order chi connectivity index (χ1) is 9.81. The molecule has 0 aromatic heterocycles. The van der Waals surface area contributed by atoms with Crippen molar-refractivity contribution < 1.29 is 9.59 Å². The lowest BCUT2D eigenvalue weighted by atomic mass is 9.62. The van der Waals surface area contributed by atoms with E-state index in [4.69, 9.17) is 0 Å². The van der Waals surface area contributed by atoms with Crippen molar-refractivity contribution in [1.82, 2.24) is 5.32 Å². The summed E-state index contributed by atoms with van der Waals surface area (Å²) in [4.78, 5) is 24.7. The third kappa shape index (κ3) is 6.10. The van der Waals surface area contributed by atoms with Crippen molar-refractivity contribution in [3.8, 4) is 0 Å². The van der Waals surface area contributed by atoms with Crippen LogP contribution in [0.15, 0.2) is 0 Å². The van der Waals surface area contributed by atoms with Crippen LogP contribution < -0.4 is 5.32 Å². The highest BCUT2D eigenvalue weighted by Crippen LogP contribution is 2.43. The van der Waals surface area contributed by atoms with Gasteiger partial charge in [0.15, 0.2) is 0 Å². The van der Waals surface area contributed by atoms with E-state index in [1.807, 2.05) is 41.5 Å². The lowest BCUT2D eigenvalue weighted by Crippen LogP contribution is -2.45. The third-order valence-corrected chi connectivity index (χ3v) is 4.96. The summed E-state index contributed by atoms with van der Waals surface area (Å²) in [6, 6.07) is 0. The molecular formula is C19H37NO2. The molecule has 0 aromatic carbocycles. The minimum absolute atomic E-state index is 0.0107. The highest BCUT2D eigenvalue weighted by molar-refractivity contribution is 5.87. The van der Waals surface area contributed by atoms with E-state index in [9.17, 15) is 9.59 Å². The van der Waals surface area contributed by atoms with Crippen LogP contribution in [-0.4, -0.2) is 18.2 Å². The van der Waals surface area contributed by atoms with Crippen LogP contribution in [0.25, 0.3) is 0 Å². The largest absolute Gasteiger partial charge is 0.356 e. The summed E-state index contributed by atoms with van der Waals surface area (Å²) < 4.78 is 0. The first kappa shape index (κ1) is 21.1. The predicted octanol–water partition coefficient (Wildman–Crippen LogP) is 4.45. The fourth-order valence-corrected chi connectivity index (χ4v) is 2.92. The Bertz CT molecular complexity index is 381. The van der Waals surface area contributed by atoms with E-state index in [-0.39, 0.29) is 23.0 Å². The summed E-state index contributed by atoms with van der Waals surface area (Å²) in [6.07, 6.45) is 1.49. The van der Waals surface area contributed by atoms with Gasteiger partial charge in [0.2, 0.25) is 5.91 Å². The van der Waals surface area contributed by atoms with Gasteiger partial charge in [-0.3, -0.25) is 9.59 Å². The molecule has 0 saturated heterocycles. The van der Waals surface area contributed by atoms with Gasteiger partial charge in [-0.2, -0.15) is 0 Å². The maximum atomic E-state index is 12.4. The van der Waals surface area contributed by atoms with Crippen LogP contribution in [-0.2, 0) is 9.59 Å². The van der Waals surface area contributed by atoms with Gasteiger partial charge in [-0.1, -0.05) is 62.3 Å². The lowest BCUT2D eigenvalue weighted by Gasteiger charge is -2.41. The van der Waals surface area contributed by atoms with E-state index >= 15 is 0 Å². The molecular weight excluding hydrogens is 274 g/mol. The van der Waals surface area contributed by atoms with Crippen LogP contribution in [0.1, 0.15) is 75.2 Å². The Balaban J connectivity index is 4.64. The van der Waals surface area contributed by atoms with Crippen molar-refractivity contribution in [3.63, 3.8) is 0 Å². The summed E-state index contributed by atoms with van der Waals surface area (Å²) in [5.74, 6) is 1.38. The van der Waals surface area contributed by atoms with E-state index in [0.717, 1.165) is 6.42 Å². The number of ketones is 1. The maximum absolute atomic E-state index is 12.4. The number of nitrogens with one attached hydrogen (secondary N) is 1. The topological polar surface area (TPSA) is 46.2 Å². The molecule has 0 heterocycles. The Morgan fingerprint density at radius 2 is 1.45 bits per heavy atom. The van der Waals surface area contributed by atoms with E-state index in [1.54, 1.807) is 0 Å². The van der Waals surface area contributed by atoms with E-state index in [0.29, 0.717) is 24.8 Å². The zero-order valence-electron chi connectivity index (χ0n) is 16.2. The van der Waals surface area contributed by atoms with Crippen LogP contribution in [0.5, 0.6) is 0 Å². The standard InChI is InChI=1S/C19H37NO2/c1-13(2)10-15(5)12-20-16(21)11-18(6,7)19(8,9)17(22)14(3)4/h13-15H,10-12H2,1-9H3,(H,20,21). The highest BCUT2D eigenvalue weighted by atomic mass is 16.1. The number of amides is 1. The molecule has 0 fully saturated rings. The average Bonchev–Trinajstić information content (AvgIpc) is 2.33. The SMILES string of the molecule is CC(C)CC(C)CNC(=O)CC(C)(C)C(C)(C)C(=O)C(C)C. The maximum Gasteiger partial charge on any atom is 0.220 e. The third-order valence-electron chi connectivity index (χ3n) is 4.96. The molecule has 0 saturated carbocycles. The van der Waals surface area contributed by atoms with Crippen molar-refractivity contribution in [2.45, 2.75) is 75.2 Å². The molecule has 0 radical (unpaired) electrons. The summed E-state index contributed by atoms with van der Waals surface area (Å²) in [6.45, 7) is 19.1. The molecule has 1 atom stereocenters. The van der Waals surface area contributed by atoms with Crippen LogP contribution in [0.4, 0.5) is 0 Å². The Labute approximate surface area is 137 Å². The van der Waals surface area contributed by atoms with Crippen LogP contribution >= 0.6 is 0 Å². The molecule has 130 valence electrons. The van der Waals surface area contributed by atoms with Crippen molar-refractivity contribution in [3.05, 3.63) is 0 Å². The second kappa shape index (κ2) is 8.12. The zero-order chi connectivity index (χ0) is 17.7. The molecule has 0 aliphatic heterocycles. The van der Waals surface area contributed by atoms with Gasteiger partial charge in [-0.15, -0.1) is 0 Å². The van der Waals surface area contributed by atoms with Crippen molar-refractivity contribution >= 4 is 11.7 Å². The summed E-state index contributed by atoms with van der Waals surface area (Å²) >= 11 is 0. The van der Waals surface area contributed by atoms with Crippen LogP contribution in [0, 0.1) is 28.6 Å². The second-order valence-electron chi connectivity index (χ2n) is 8.74. The van der Waals surface area contributed by atoms with Crippen LogP contribution in [0.3, 0.4) is 0 Å². The molecule has 0 aliphatic carbocycles. The minimum atomic E-state index is -0.512. The number of hydrogen-bond donors (Lipinski definition) is 1. The van der Waals surface area contributed by atoms with Crippen molar-refractivity contribution in [2.75, 3.05) is 6.54 Å². The van der Waals surface area contributed by atoms with Gasteiger partial charge in [-0.25, -0.2) is 0 Å². The van der Waals surface area contributed by atoms with Gasteiger partial charge in [-0.05, 0) is 23.7 Å². The molecule has 1 N–H and O–H groups in total. The smallest absolute Gasteiger partial charge is 0.220 e. The molecule has 1 amide bonds. The molecule has 0 spiro atoms. The summed E-state index contributed by atoms with van der Waals surface area (Å²) in [7, 11) is 0. The predicted molar refractivity (Wildman–Crippen MR) is 93.7 cm³/mol. The lowest BCUT2D eigenvalue weighted by molar-refractivity contribution is -0.138. The Hall–Kier alpha value is -0.860. The van der Waals surface area contributed by atoms with E-state index in [2.05, 4.69) is 26.1 Å². The fraction of sp³-hybridized carbons (Fsp3) is 0.895. The first-order valence-electron chi connectivity index (χ1n) is 8.62.